The van der Waals surface area contributed by atoms with Gasteiger partial charge in [-0.25, -0.2) is 4.79 Å². The number of rotatable bonds is 10. The maximum absolute atomic E-state index is 12.9. The van der Waals surface area contributed by atoms with Gasteiger partial charge in [0.1, 0.15) is 12.4 Å². The number of hydrogen-bond donors (Lipinski definition) is 1. The van der Waals surface area contributed by atoms with Crippen LogP contribution in [0.25, 0.3) is 0 Å². The Kier molecular flexibility index (Phi) is 7.85. The number of urea groups is 1. The highest BCUT2D eigenvalue weighted by Crippen LogP contribution is 2.37. The van der Waals surface area contributed by atoms with Crippen molar-refractivity contribution in [2.24, 2.45) is 0 Å². The number of benzene rings is 2. The van der Waals surface area contributed by atoms with Gasteiger partial charge < -0.3 is 24.4 Å². The van der Waals surface area contributed by atoms with Gasteiger partial charge in [0.05, 0.1) is 19.8 Å². The van der Waals surface area contributed by atoms with Crippen molar-refractivity contribution >= 4 is 11.7 Å². The molecule has 2 aromatic rings. The van der Waals surface area contributed by atoms with Crippen LogP contribution in [-0.4, -0.2) is 74.5 Å². The number of amides is 2. The minimum Gasteiger partial charge on any atom is -0.491 e. The van der Waals surface area contributed by atoms with E-state index in [2.05, 4.69) is 48.3 Å². The van der Waals surface area contributed by atoms with E-state index in [1.807, 2.05) is 29.2 Å². The van der Waals surface area contributed by atoms with E-state index in [4.69, 9.17) is 14.2 Å². The first-order chi connectivity index (χ1) is 16.1. The second-order valence-corrected chi connectivity index (χ2v) is 8.83. The molecular formula is C26H35N3O4. The van der Waals surface area contributed by atoms with Crippen molar-refractivity contribution in [3.8, 4) is 5.75 Å². The van der Waals surface area contributed by atoms with E-state index in [9.17, 15) is 4.79 Å². The molecular weight excluding hydrogens is 418 g/mol. The maximum atomic E-state index is 12.9. The molecule has 2 aliphatic rings. The van der Waals surface area contributed by atoms with Gasteiger partial charge in [0.15, 0.2) is 0 Å². The van der Waals surface area contributed by atoms with E-state index >= 15 is 0 Å². The quantitative estimate of drug-likeness (QED) is 0.549. The Morgan fingerprint density at radius 1 is 1.03 bits per heavy atom. The first-order valence-corrected chi connectivity index (χ1v) is 11.7. The average molecular weight is 454 g/mol. The predicted octanol–water partition coefficient (Wildman–Crippen LogP) is 4.09. The van der Waals surface area contributed by atoms with E-state index in [0.717, 1.165) is 30.9 Å². The lowest BCUT2D eigenvalue weighted by atomic mass is 10.0. The van der Waals surface area contributed by atoms with E-state index in [1.54, 1.807) is 7.11 Å². The zero-order valence-corrected chi connectivity index (χ0v) is 19.8. The smallest absolute Gasteiger partial charge is 0.322 e. The fourth-order valence-corrected chi connectivity index (χ4v) is 4.95. The first-order valence-electron chi connectivity index (χ1n) is 11.7. The van der Waals surface area contributed by atoms with E-state index in [1.165, 1.54) is 11.1 Å². The highest BCUT2D eigenvalue weighted by atomic mass is 16.5. The van der Waals surface area contributed by atoms with Crippen molar-refractivity contribution in [1.29, 1.82) is 0 Å². The van der Waals surface area contributed by atoms with Gasteiger partial charge in [-0.2, -0.15) is 0 Å². The lowest BCUT2D eigenvalue weighted by Gasteiger charge is -2.38. The molecule has 2 amide bonds. The third-order valence-corrected chi connectivity index (χ3v) is 6.71. The number of methoxy groups -OCH3 is 1. The molecule has 3 unspecified atom stereocenters. The number of ether oxygens (including phenoxy) is 3. The van der Waals surface area contributed by atoms with Gasteiger partial charge in [-0.1, -0.05) is 24.3 Å². The van der Waals surface area contributed by atoms with Crippen molar-refractivity contribution in [2.45, 2.75) is 38.4 Å². The van der Waals surface area contributed by atoms with Crippen LogP contribution in [0.5, 0.6) is 5.75 Å². The molecule has 2 aliphatic heterocycles. The molecule has 2 fully saturated rings. The van der Waals surface area contributed by atoms with Gasteiger partial charge in [0.25, 0.3) is 0 Å². The number of piperazine rings is 1. The van der Waals surface area contributed by atoms with E-state index < -0.39 is 0 Å². The van der Waals surface area contributed by atoms with Crippen molar-refractivity contribution < 1.29 is 19.0 Å². The number of aryl methyl sites for hydroxylation is 1. The minimum atomic E-state index is -0.0223. The highest BCUT2D eigenvalue weighted by molar-refractivity contribution is 5.90. The number of likely N-dealkylation sites (tertiary alicyclic amines) is 2. The molecule has 2 heterocycles. The lowest BCUT2D eigenvalue weighted by molar-refractivity contribution is 0.0544. The number of hydrogen-bond acceptors (Lipinski definition) is 5. The molecule has 0 aromatic heterocycles. The third-order valence-electron chi connectivity index (χ3n) is 6.71. The fourth-order valence-electron chi connectivity index (χ4n) is 4.95. The number of anilines is 1. The van der Waals surface area contributed by atoms with Crippen LogP contribution in [-0.2, 0) is 9.47 Å². The molecule has 33 heavy (non-hydrogen) atoms. The molecule has 0 saturated carbocycles. The van der Waals surface area contributed by atoms with Gasteiger partial charge in [0.2, 0.25) is 0 Å². The zero-order chi connectivity index (χ0) is 23.2. The highest BCUT2D eigenvalue weighted by Gasteiger charge is 2.46. The second-order valence-electron chi connectivity index (χ2n) is 8.83. The minimum absolute atomic E-state index is 0.0223. The van der Waals surface area contributed by atoms with Gasteiger partial charge in [-0.05, 0) is 55.7 Å². The lowest BCUT2D eigenvalue weighted by Crippen LogP contribution is -2.50. The van der Waals surface area contributed by atoms with Crippen LogP contribution in [0.3, 0.4) is 0 Å². The van der Waals surface area contributed by atoms with Crippen LogP contribution in [0.1, 0.15) is 30.5 Å². The van der Waals surface area contributed by atoms with Crippen LogP contribution >= 0.6 is 0 Å². The topological polar surface area (TPSA) is 63.3 Å². The summed E-state index contributed by atoms with van der Waals surface area (Å²) in [7, 11) is 1.65. The van der Waals surface area contributed by atoms with Gasteiger partial charge in [-0.3, -0.25) is 4.90 Å². The first kappa shape index (κ1) is 23.5. The standard InChI is InChI=1S/C26H35N3O4/c1-19-6-4-5-7-25(19)20(2)28-17-23-16-22(28)18-29(23)26(30)27-21-8-10-24(11-9-21)33-15-14-32-13-12-31-3/h4-11,20,22-23H,12-18H2,1-3H3,(H,27,30). The molecule has 7 heteroatoms. The molecule has 4 rings (SSSR count). The molecule has 2 saturated heterocycles. The summed E-state index contributed by atoms with van der Waals surface area (Å²) in [4.78, 5) is 17.5. The van der Waals surface area contributed by atoms with Crippen molar-refractivity contribution in [3.63, 3.8) is 0 Å². The number of carbonyl (C=O) groups excluding carboxylic acids is 1. The van der Waals surface area contributed by atoms with E-state index in [0.29, 0.717) is 38.5 Å². The number of fused-ring (bicyclic) bond motifs is 2. The Labute approximate surface area is 196 Å². The molecule has 2 bridgehead atoms. The summed E-state index contributed by atoms with van der Waals surface area (Å²) in [6.07, 6.45) is 1.04. The number of nitrogens with zero attached hydrogens (tertiary/aromatic N) is 2. The second kappa shape index (κ2) is 11.0. The summed E-state index contributed by atoms with van der Waals surface area (Å²) in [5.74, 6) is 0.754. The Bertz CT molecular complexity index is 920. The van der Waals surface area contributed by atoms with Crippen LogP contribution in [0.15, 0.2) is 48.5 Å². The normalized spacial score (nSPS) is 20.8. The summed E-state index contributed by atoms with van der Waals surface area (Å²) in [6.45, 7) is 8.28. The molecule has 7 nitrogen and oxygen atoms in total. The van der Waals surface area contributed by atoms with Crippen LogP contribution < -0.4 is 10.1 Å². The summed E-state index contributed by atoms with van der Waals surface area (Å²) in [5.41, 5.74) is 3.48. The molecule has 2 aromatic carbocycles. The van der Waals surface area contributed by atoms with Crippen molar-refractivity contribution in [2.75, 3.05) is 51.9 Å². The molecule has 0 aliphatic carbocycles. The van der Waals surface area contributed by atoms with Crippen molar-refractivity contribution in [1.82, 2.24) is 9.80 Å². The monoisotopic (exact) mass is 453 g/mol. The fraction of sp³-hybridized carbons (Fsp3) is 0.500. The molecule has 1 N–H and O–H groups in total. The Hall–Kier alpha value is -2.61. The predicted molar refractivity (Wildman–Crippen MR) is 129 cm³/mol. The van der Waals surface area contributed by atoms with Gasteiger partial charge in [-0.15, -0.1) is 0 Å². The summed E-state index contributed by atoms with van der Waals surface area (Å²) in [5, 5.41) is 3.05. The van der Waals surface area contributed by atoms with Gasteiger partial charge >= 0.3 is 6.03 Å². The molecule has 178 valence electrons. The molecule has 0 spiro atoms. The van der Waals surface area contributed by atoms with Gasteiger partial charge in [0, 0.05) is 44.0 Å². The van der Waals surface area contributed by atoms with Crippen LogP contribution in [0.4, 0.5) is 10.5 Å². The van der Waals surface area contributed by atoms with Crippen LogP contribution in [0.2, 0.25) is 0 Å². The molecule has 0 radical (unpaired) electrons. The Balaban J connectivity index is 1.24. The summed E-state index contributed by atoms with van der Waals surface area (Å²) >= 11 is 0. The zero-order valence-electron chi connectivity index (χ0n) is 19.8. The third kappa shape index (κ3) is 5.66. The Morgan fingerprint density at radius 2 is 1.79 bits per heavy atom. The van der Waals surface area contributed by atoms with Crippen molar-refractivity contribution in [3.05, 3.63) is 59.7 Å². The van der Waals surface area contributed by atoms with E-state index in [-0.39, 0.29) is 12.1 Å². The molecule has 3 atom stereocenters. The van der Waals surface area contributed by atoms with Crippen LogP contribution in [0, 0.1) is 6.92 Å². The Morgan fingerprint density at radius 3 is 2.48 bits per heavy atom. The maximum Gasteiger partial charge on any atom is 0.322 e. The summed E-state index contributed by atoms with van der Waals surface area (Å²) in [6, 6.07) is 17.1. The summed E-state index contributed by atoms with van der Waals surface area (Å²) < 4.78 is 16.0. The number of carbonyl (C=O) groups is 1. The largest absolute Gasteiger partial charge is 0.491 e. The number of nitrogens with one attached hydrogen (secondary N) is 1. The average Bonchev–Trinajstić information content (AvgIpc) is 3.44. The SMILES string of the molecule is COCCOCCOc1ccc(NC(=O)N2CC3CC2CN3C(C)c2ccccc2C)cc1.